The van der Waals surface area contributed by atoms with Gasteiger partial charge in [0.05, 0.1) is 6.54 Å². The number of carbonyl (C=O) groups excluding carboxylic acids is 3. The quantitative estimate of drug-likeness (QED) is 0.694. The summed E-state index contributed by atoms with van der Waals surface area (Å²) in [6, 6.07) is 8.50. The van der Waals surface area contributed by atoms with Crippen molar-refractivity contribution in [2.24, 2.45) is 0 Å². The van der Waals surface area contributed by atoms with Crippen LogP contribution in [0, 0.1) is 0 Å². The maximum atomic E-state index is 12.1. The molecule has 0 fully saturated rings. The Morgan fingerprint density at radius 1 is 1.19 bits per heavy atom. The van der Waals surface area contributed by atoms with Gasteiger partial charge in [-0.25, -0.2) is 0 Å². The predicted molar refractivity (Wildman–Crippen MR) is 96.6 cm³/mol. The molecule has 1 aliphatic heterocycles. The van der Waals surface area contributed by atoms with Gasteiger partial charge in [-0.3, -0.25) is 14.4 Å². The molecule has 0 saturated heterocycles. The monoisotopic (exact) mass is 390 g/mol. The number of hydrogen-bond acceptors (Lipinski definition) is 7. The van der Waals surface area contributed by atoms with Gasteiger partial charge in [0.25, 0.3) is 11.8 Å². The molecule has 0 radical (unpaired) electrons. The van der Waals surface area contributed by atoms with Gasteiger partial charge in [0.2, 0.25) is 6.79 Å². The number of hydrogen-bond donors (Lipinski definition) is 2. The summed E-state index contributed by atoms with van der Waals surface area (Å²) in [6.07, 6.45) is -0.958. The Labute approximate surface area is 159 Å². The van der Waals surface area contributed by atoms with E-state index < -0.39 is 23.9 Å². The van der Waals surface area contributed by atoms with Gasteiger partial charge >= 0.3 is 5.97 Å². The molecule has 1 aliphatic rings. The smallest absolute Gasteiger partial charge is 0.326 e. The molecular formula is C18H18N2O6S. The number of carbonyl (C=O) groups is 3. The molecule has 142 valence electrons. The Hall–Kier alpha value is -3.07. The highest BCUT2D eigenvalue weighted by Crippen LogP contribution is 2.32. The molecule has 1 atom stereocenters. The molecule has 2 aromatic rings. The van der Waals surface area contributed by atoms with Crippen molar-refractivity contribution in [1.82, 2.24) is 10.6 Å². The summed E-state index contributed by atoms with van der Waals surface area (Å²) in [5.41, 5.74) is 0.328. The second kappa shape index (κ2) is 8.54. The van der Waals surface area contributed by atoms with Gasteiger partial charge in [-0.15, -0.1) is 11.3 Å². The van der Waals surface area contributed by atoms with Crippen LogP contribution in [-0.2, 0) is 20.9 Å². The van der Waals surface area contributed by atoms with Gasteiger partial charge in [0.15, 0.2) is 17.6 Å². The lowest BCUT2D eigenvalue weighted by atomic mass is 10.2. The third kappa shape index (κ3) is 4.98. The van der Waals surface area contributed by atoms with Gasteiger partial charge in [-0.1, -0.05) is 6.07 Å². The van der Waals surface area contributed by atoms with E-state index in [9.17, 15) is 14.4 Å². The minimum atomic E-state index is -0.958. The van der Waals surface area contributed by atoms with Crippen LogP contribution in [0.3, 0.4) is 0 Å². The van der Waals surface area contributed by atoms with E-state index in [4.69, 9.17) is 14.2 Å². The summed E-state index contributed by atoms with van der Waals surface area (Å²) in [7, 11) is 0. The Balaban J connectivity index is 1.42. The second-order valence-electron chi connectivity index (χ2n) is 5.68. The van der Waals surface area contributed by atoms with Crippen LogP contribution < -0.4 is 20.1 Å². The molecule has 1 unspecified atom stereocenters. The highest BCUT2D eigenvalue weighted by Gasteiger charge is 2.19. The summed E-state index contributed by atoms with van der Waals surface area (Å²) in [4.78, 5) is 36.9. The van der Waals surface area contributed by atoms with Gasteiger partial charge in [0, 0.05) is 10.4 Å². The molecule has 1 aromatic heterocycles. The van der Waals surface area contributed by atoms with Crippen molar-refractivity contribution in [3.63, 3.8) is 0 Å². The van der Waals surface area contributed by atoms with Crippen molar-refractivity contribution >= 4 is 29.1 Å². The first-order valence-corrected chi connectivity index (χ1v) is 9.08. The summed E-state index contributed by atoms with van der Waals surface area (Å²) >= 11 is 1.52. The van der Waals surface area contributed by atoms with Crippen molar-refractivity contribution in [1.29, 1.82) is 0 Å². The largest absolute Gasteiger partial charge is 0.454 e. The lowest BCUT2D eigenvalue weighted by molar-refractivity contribution is -0.153. The van der Waals surface area contributed by atoms with E-state index in [1.54, 1.807) is 12.1 Å². The van der Waals surface area contributed by atoms with Gasteiger partial charge in [0.1, 0.15) is 6.54 Å². The number of ether oxygens (including phenoxy) is 3. The van der Waals surface area contributed by atoms with Crippen molar-refractivity contribution in [3.05, 3.63) is 46.2 Å². The summed E-state index contributed by atoms with van der Waals surface area (Å²) < 4.78 is 15.4. The lowest BCUT2D eigenvalue weighted by Gasteiger charge is -2.13. The molecule has 27 heavy (non-hydrogen) atoms. The standard InChI is InChI=1S/C18H18N2O6S/c1-11(17(22)19-8-13-3-2-6-27-13)26-16(21)9-20-18(23)12-4-5-14-15(7-12)25-10-24-14/h2-7,11H,8-10H2,1H3,(H,19,22)(H,20,23). The summed E-state index contributed by atoms with van der Waals surface area (Å²) in [5.74, 6) is -0.531. The second-order valence-corrected chi connectivity index (χ2v) is 6.71. The Morgan fingerprint density at radius 3 is 2.78 bits per heavy atom. The number of amides is 2. The molecule has 0 aliphatic carbocycles. The molecule has 0 bridgehead atoms. The molecule has 2 amide bonds. The molecular weight excluding hydrogens is 372 g/mol. The fraction of sp³-hybridized carbons (Fsp3) is 0.278. The molecule has 9 heteroatoms. The molecule has 0 saturated carbocycles. The number of fused-ring (bicyclic) bond motifs is 1. The SMILES string of the molecule is CC(OC(=O)CNC(=O)c1ccc2c(c1)OCO2)C(=O)NCc1cccs1. The molecule has 1 aromatic carbocycles. The highest BCUT2D eigenvalue weighted by atomic mass is 32.1. The van der Waals surface area contributed by atoms with Crippen LogP contribution in [0.25, 0.3) is 0 Å². The van der Waals surface area contributed by atoms with Crippen LogP contribution in [0.2, 0.25) is 0 Å². The van der Waals surface area contributed by atoms with Gasteiger partial charge in [-0.05, 0) is 36.6 Å². The topological polar surface area (TPSA) is 103 Å². The Bertz CT molecular complexity index is 836. The van der Waals surface area contributed by atoms with E-state index in [2.05, 4.69) is 10.6 Å². The average molecular weight is 390 g/mol. The van der Waals surface area contributed by atoms with Gasteiger partial charge < -0.3 is 24.8 Å². The third-order valence-electron chi connectivity index (χ3n) is 3.72. The van der Waals surface area contributed by atoms with Crippen molar-refractivity contribution < 1.29 is 28.6 Å². The number of rotatable bonds is 7. The minimum absolute atomic E-state index is 0.110. The maximum Gasteiger partial charge on any atom is 0.326 e. The van der Waals surface area contributed by atoms with Crippen LogP contribution in [-0.4, -0.2) is 37.2 Å². The maximum absolute atomic E-state index is 12.1. The Kier molecular flexibility index (Phi) is 5.92. The summed E-state index contributed by atoms with van der Waals surface area (Å²) in [6.45, 7) is 1.61. The van der Waals surface area contributed by atoms with Crippen LogP contribution in [0.1, 0.15) is 22.2 Å². The number of nitrogens with one attached hydrogen (secondary N) is 2. The molecule has 2 N–H and O–H groups in total. The average Bonchev–Trinajstić information content (AvgIpc) is 3.34. The van der Waals surface area contributed by atoms with Crippen LogP contribution in [0.4, 0.5) is 0 Å². The molecule has 3 rings (SSSR count). The van der Waals surface area contributed by atoms with E-state index in [0.717, 1.165) is 4.88 Å². The summed E-state index contributed by atoms with van der Waals surface area (Å²) in [5, 5.41) is 7.05. The predicted octanol–water partition coefficient (Wildman–Crippen LogP) is 1.45. The van der Waals surface area contributed by atoms with E-state index in [1.165, 1.54) is 24.3 Å². The van der Waals surface area contributed by atoms with E-state index in [0.29, 0.717) is 23.6 Å². The number of esters is 1. The normalized spacial score (nSPS) is 12.9. The third-order valence-corrected chi connectivity index (χ3v) is 4.60. The first kappa shape index (κ1) is 18.7. The number of thiophene rings is 1. The zero-order valence-electron chi connectivity index (χ0n) is 14.5. The molecule has 0 spiro atoms. The minimum Gasteiger partial charge on any atom is -0.454 e. The van der Waals surface area contributed by atoms with E-state index in [-0.39, 0.29) is 13.3 Å². The zero-order valence-corrected chi connectivity index (χ0v) is 15.3. The fourth-order valence-corrected chi connectivity index (χ4v) is 2.96. The van der Waals surface area contributed by atoms with Crippen molar-refractivity contribution in [2.45, 2.75) is 19.6 Å². The van der Waals surface area contributed by atoms with E-state index in [1.807, 2.05) is 17.5 Å². The molecule has 2 heterocycles. The number of benzene rings is 1. The lowest BCUT2D eigenvalue weighted by Crippen LogP contribution is -2.38. The van der Waals surface area contributed by atoms with Crippen molar-refractivity contribution in [2.75, 3.05) is 13.3 Å². The van der Waals surface area contributed by atoms with Gasteiger partial charge in [-0.2, -0.15) is 0 Å². The van der Waals surface area contributed by atoms with Crippen LogP contribution in [0.15, 0.2) is 35.7 Å². The fourth-order valence-electron chi connectivity index (χ4n) is 2.32. The van der Waals surface area contributed by atoms with Crippen LogP contribution >= 0.6 is 11.3 Å². The first-order valence-electron chi connectivity index (χ1n) is 8.20. The van der Waals surface area contributed by atoms with Crippen molar-refractivity contribution in [3.8, 4) is 11.5 Å². The molecule has 8 nitrogen and oxygen atoms in total. The highest BCUT2D eigenvalue weighted by molar-refractivity contribution is 7.09. The Morgan fingerprint density at radius 2 is 2.00 bits per heavy atom. The van der Waals surface area contributed by atoms with E-state index >= 15 is 0 Å². The zero-order chi connectivity index (χ0) is 19.2. The first-order chi connectivity index (χ1) is 13.0. The van der Waals surface area contributed by atoms with Crippen LogP contribution in [0.5, 0.6) is 11.5 Å².